The zero-order valence-electron chi connectivity index (χ0n) is 13.6. The van der Waals surface area contributed by atoms with Gasteiger partial charge in [-0.15, -0.1) is 0 Å². The second-order valence-electron chi connectivity index (χ2n) is 5.13. The lowest BCUT2D eigenvalue weighted by atomic mass is 10.1. The van der Waals surface area contributed by atoms with Gasteiger partial charge in [-0.1, -0.05) is 20.3 Å². The minimum atomic E-state index is 0.0725. The molecule has 21 heavy (non-hydrogen) atoms. The van der Waals surface area contributed by atoms with Crippen LogP contribution in [0, 0.1) is 0 Å². The van der Waals surface area contributed by atoms with E-state index < -0.39 is 0 Å². The van der Waals surface area contributed by atoms with Crippen LogP contribution in [-0.2, 0) is 6.42 Å². The lowest BCUT2D eigenvalue weighted by molar-refractivity contribution is 0.0803. The van der Waals surface area contributed by atoms with Gasteiger partial charge in [-0.2, -0.15) is 11.8 Å². The third kappa shape index (κ3) is 5.96. The number of thioether (sulfide) groups is 1. The number of nitrogens with zero attached hydrogens (tertiary/aromatic N) is 2. The minimum absolute atomic E-state index is 0.0725. The average Bonchev–Trinajstić information content (AvgIpc) is 2.49. The van der Waals surface area contributed by atoms with Crippen LogP contribution in [0.3, 0.4) is 0 Å². The predicted octanol–water partition coefficient (Wildman–Crippen LogP) is 3.29. The molecule has 1 amide bonds. The van der Waals surface area contributed by atoms with Gasteiger partial charge in [-0.05, 0) is 31.2 Å². The highest BCUT2D eigenvalue weighted by atomic mass is 32.2. The van der Waals surface area contributed by atoms with Crippen molar-refractivity contribution < 1.29 is 4.79 Å². The maximum absolute atomic E-state index is 12.5. The molecule has 0 saturated carbocycles. The molecule has 0 spiro atoms. The zero-order valence-corrected chi connectivity index (χ0v) is 14.4. The van der Waals surface area contributed by atoms with Crippen LogP contribution in [0.25, 0.3) is 0 Å². The molecule has 0 atom stereocenters. The second kappa shape index (κ2) is 9.66. The van der Waals surface area contributed by atoms with Crippen molar-refractivity contribution in [1.29, 1.82) is 0 Å². The SMILES string of the molecule is CCCNc1cc(C(=O)N(C)CCSC)cc(CCC)n1. The van der Waals surface area contributed by atoms with E-state index >= 15 is 0 Å². The van der Waals surface area contributed by atoms with Crippen LogP contribution in [0.5, 0.6) is 0 Å². The molecule has 0 aromatic carbocycles. The summed E-state index contributed by atoms with van der Waals surface area (Å²) in [7, 11) is 1.86. The Kier molecular flexibility index (Phi) is 8.20. The van der Waals surface area contributed by atoms with Crippen molar-refractivity contribution in [2.75, 3.05) is 37.5 Å². The third-order valence-corrected chi connectivity index (χ3v) is 3.76. The van der Waals surface area contributed by atoms with Crippen molar-refractivity contribution in [1.82, 2.24) is 9.88 Å². The molecule has 1 N–H and O–H groups in total. The molecule has 0 bridgehead atoms. The quantitative estimate of drug-likeness (QED) is 0.760. The molecule has 0 aliphatic carbocycles. The number of pyridine rings is 1. The first-order valence-corrected chi connectivity index (χ1v) is 9.01. The number of rotatable bonds is 9. The van der Waals surface area contributed by atoms with E-state index in [1.807, 2.05) is 19.2 Å². The Hall–Kier alpha value is -1.23. The topological polar surface area (TPSA) is 45.2 Å². The van der Waals surface area contributed by atoms with Crippen LogP contribution < -0.4 is 5.32 Å². The fraction of sp³-hybridized carbons (Fsp3) is 0.625. The van der Waals surface area contributed by atoms with Gasteiger partial charge in [0.25, 0.3) is 5.91 Å². The Morgan fingerprint density at radius 2 is 2.10 bits per heavy atom. The Balaban J connectivity index is 2.92. The van der Waals surface area contributed by atoms with Gasteiger partial charge in [0.15, 0.2) is 0 Å². The molecule has 1 rings (SSSR count). The van der Waals surface area contributed by atoms with Crippen LogP contribution >= 0.6 is 11.8 Å². The highest BCUT2D eigenvalue weighted by Gasteiger charge is 2.14. The number of aryl methyl sites for hydroxylation is 1. The van der Waals surface area contributed by atoms with E-state index in [4.69, 9.17) is 0 Å². The molecule has 0 fully saturated rings. The van der Waals surface area contributed by atoms with Gasteiger partial charge >= 0.3 is 0 Å². The molecule has 0 unspecified atom stereocenters. The van der Waals surface area contributed by atoms with Crippen molar-refractivity contribution in [2.24, 2.45) is 0 Å². The third-order valence-electron chi connectivity index (χ3n) is 3.17. The van der Waals surface area contributed by atoms with Gasteiger partial charge in [-0.3, -0.25) is 4.79 Å². The number of hydrogen-bond acceptors (Lipinski definition) is 4. The van der Waals surface area contributed by atoms with Crippen molar-refractivity contribution >= 4 is 23.5 Å². The van der Waals surface area contributed by atoms with E-state index in [1.54, 1.807) is 16.7 Å². The van der Waals surface area contributed by atoms with Gasteiger partial charge in [0.2, 0.25) is 0 Å². The molecule has 0 radical (unpaired) electrons. The number of carbonyl (C=O) groups excluding carboxylic acids is 1. The molecule has 4 nitrogen and oxygen atoms in total. The Morgan fingerprint density at radius 1 is 1.33 bits per heavy atom. The Morgan fingerprint density at radius 3 is 2.71 bits per heavy atom. The summed E-state index contributed by atoms with van der Waals surface area (Å²) in [5.41, 5.74) is 1.72. The number of amides is 1. The molecular formula is C16H27N3OS. The molecule has 1 aromatic heterocycles. The van der Waals surface area contributed by atoms with Gasteiger partial charge in [-0.25, -0.2) is 4.98 Å². The van der Waals surface area contributed by atoms with Crippen LogP contribution in [0.1, 0.15) is 42.7 Å². The van der Waals surface area contributed by atoms with E-state index in [0.717, 1.165) is 55.2 Å². The van der Waals surface area contributed by atoms with Crippen LogP contribution in [0.15, 0.2) is 12.1 Å². The second-order valence-corrected chi connectivity index (χ2v) is 6.11. The first-order valence-electron chi connectivity index (χ1n) is 7.61. The van der Waals surface area contributed by atoms with Gasteiger partial charge in [0.05, 0.1) is 0 Å². The molecule has 0 aliphatic rings. The van der Waals surface area contributed by atoms with E-state index in [2.05, 4.69) is 30.4 Å². The maximum atomic E-state index is 12.5. The lowest BCUT2D eigenvalue weighted by Crippen LogP contribution is -2.29. The smallest absolute Gasteiger partial charge is 0.253 e. The zero-order chi connectivity index (χ0) is 15.7. The predicted molar refractivity (Wildman–Crippen MR) is 92.4 cm³/mol. The van der Waals surface area contributed by atoms with Crippen molar-refractivity contribution in [3.63, 3.8) is 0 Å². The summed E-state index contributed by atoms with van der Waals surface area (Å²) < 4.78 is 0. The first-order chi connectivity index (χ1) is 10.1. The van der Waals surface area contributed by atoms with Gasteiger partial charge in [0.1, 0.15) is 5.82 Å². The number of hydrogen-bond donors (Lipinski definition) is 1. The number of aromatic nitrogens is 1. The van der Waals surface area contributed by atoms with Crippen molar-refractivity contribution in [2.45, 2.75) is 33.1 Å². The molecule has 0 saturated heterocycles. The summed E-state index contributed by atoms with van der Waals surface area (Å²) in [6, 6.07) is 3.80. The molecule has 5 heteroatoms. The van der Waals surface area contributed by atoms with E-state index in [9.17, 15) is 4.79 Å². The molecule has 118 valence electrons. The number of nitrogens with one attached hydrogen (secondary N) is 1. The largest absolute Gasteiger partial charge is 0.370 e. The summed E-state index contributed by atoms with van der Waals surface area (Å²) in [6.07, 6.45) is 5.02. The number of anilines is 1. The monoisotopic (exact) mass is 309 g/mol. The first kappa shape index (κ1) is 17.8. The van der Waals surface area contributed by atoms with E-state index in [0.29, 0.717) is 0 Å². The summed E-state index contributed by atoms with van der Waals surface area (Å²) in [5.74, 6) is 1.84. The Bertz CT molecular complexity index is 451. The van der Waals surface area contributed by atoms with E-state index in [-0.39, 0.29) is 5.91 Å². The van der Waals surface area contributed by atoms with Crippen molar-refractivity contribution in [3.8, 4) is 0 Å². The highest BCUT2D eigenvalue weighted by molar-refractivity contribution is 7.98. The molecule has 1 heterocycles. The standard InChI is InChI=1S/C16H27N3OS/c1-5-7-14-11-13(12-15(18-14)17-8-6-2)16(20)19(3)9-10-21-4/h11-12H,5-10H2,1-4H3,(H,17,18). The fourth-order valence-electron chi connectivity index (χ4n) is 1.99. The molecular weight excluding hydrogens is 282 g/mol. The van der Waals surface area contributed by atoms with E-state index in [1.165, 1.54) is 0 Å². The molecule has 0 aliphatic heterocycles. The van der Waals surface area contributed by atoms with Crippen molar-refractivity contribution in [3.05, 3.63) is 23.4 Å². The summed E-state index contributed by atoms with van der Waals surface area (Å²) in [4.78, 5) is 18.9. The van der Waals surface area contributed by atoms with Crippen LogP contribution in [0.4, 0.5) is 5.82 Å². The van der Waals surface area contributed by atoms with Crippen LogP contribution in [-0.4, -0.2) is 47.9 Å². The normalized spacial score (nSPS) is 10.5. The minimum Gasteiger partial charge on any atom is -0.370 e. The van der Waals surface area contributed by atoms with Crippen LogP contribution in [0.2, 0.25) is 0 Å². The van der Waals surface area contributed by atoms with Gasteiger partial charge in [0, 0.05) is 37.1 Å². The summed E-state index contributed by atoms with van der Waals surface area (Å²) >= 11 is 1.75. The number of carbonyl (C=O) groups is 1. The average molecular weight is 309 g/mol. The van der Waals surface area contributed by atoms with Gasteiger partial charge < -0.3 is 10.2 Å². The lowest BCUT2D eigenvalue weighted by Gasteiger charge is -2.18. The molecule has 1 aromatic rings. The fourth-order valence-corrected chi connectivity index (χ4v) is 2.45. The summed E-state index contributed by atoms with van der Waals surface area (Å²) in [5, 5.41) is 3.28. The summed E-state index contributed by atoms with van der Waals surface area (Å²) in [6.45, 7) is 5.88. The Labute approximate surface area is 132 Å². The maximum Gasteiger partial charge on any atom is 0.253 e. The highest BCUT2D eigenvalue weighted by Crippen LogP contribution is 2.14.